The molecule has 1 aliphatic rings. The van der Waals surface area contributed by atoms with Crippen LogP contribution in [0.5, 0.6) is 0 Å². The van der Waals surface area contributed by atoms with Crippen LogP contribution < -0.4 is 10.2 Å². The van der Waals surface area contributed by atoms with Gasteiger partial charge in [-0.1, -0.05) is 18.2 Å². The standard InChI is InChI=1S/C15H16BrN3/c1-11-8-13(16)15(18-9-11)19-7-6-17-10-12-4-2-3-5-14(12)19/h2-5,8-9,17H,6-7,10H2,1H3. The molecule has 0 spiro atoms. The Kier molecular flexibility index (Phi) is 3.53. The van der Waals surface area contributed by atoms with E-state index in [0.29, 0.717) is 0 Å². The number of benzene rings is 1. The maximum absolute atomic E-state index is 4.59. The van der Waals surface area contributed by atoms with E-state index in [1.54, 1.807) is 0 Å². The summed E-state index contributed by atoms with van der Waals surface area (Å²) in [6.45, 7) is 4.85. The molecule has 0 atom stereocenters. The number of nitrogens with zero attached hydrogens (tertiary/aromatic N) is 2. The first-order valence-corrected chi connectivity index (χ1v) is 7.23. The summed E-state index contributed by atoms with van der Waals surface area (Å²) >= 11 is 3.64. The second-order valence-electron chi connectivity index (χ2n) is 4.78. The van der Waals surface area contributed by atoms with Gasteiger partial charge in [0.1, 0.15) is 5.82 Å². The van der Waals surface area contributed by atoms with Crippen LogP contribution in [0.2, 0.25) is 0 Å². The molecular formula is C15H16BrN3. The molecule has 0 fully saturated rings. The van der Waals surface area contributed by atoms with Crippen LogP contribution in [0.1, 0.15) is 11.1 Å². The van der Waals surface area contributed by atoms with Gasteiger partial charge >= 0.3 is 0 Å². The van der Waals surface area contributed by atoms with Gasteiger partial charge in [-0.25, -0.2) is 4.98 Å². The van der Waals surface area contributed by atoms with Crippen LogP contribution >= 0.6 is 15.9 Å². The van der Waals surface area contributed by atoms with Crippen molar-refractivity contribution in [2.45, 2.75) is 13.5 Å². The lowest BCUT2D eigenvalue weighted by atomic mass is 10.1. The van der Waals surface area contributed by atoms with Crippen LogP contribution in [0.4, 0.5) is 11.5 Å². The van der Waals surface area contributed by atoms with Crippen LogP contribution in [0.15, 0.2) is 41.0 Å². The number of anilines is 2. The number of hydrogen-bond acceptors (Lipinski definition) is 3. The number of hydrogen-bond donors (Lipinski definition) is 1. The number of nitrogens with one attached hydrogen (secondary N) is 1. The number of aromatic nitrogens is 1. The normalized spacial score (nSPS) is 14.9. The number of para-hydroxylation sites is 1. The monoisotopic (exact) mass is 317 g/mol. The molecule has 0 bridgehead atoms. The van der Waals surface area contributed by atoms with Crippen LogP contribution in [0.25, 0.3) is 0 Å². The SMILES string of the molecule is Cc1cnc(N2CCNCc3ccccc32)c(Br)c1. The second kappa shape index (κ2) is 5.31. The second-order valence-corrected chi connectivity index (χ2v) is 5.63. The third kappa shape index (κ3) is 2.51. The molecule has 19 heavy (non-hydrogen) atoms. The number of halogens is 1. The van der Waals surface area contributed by atoms with E-state index in [4.69, 9.17) is 0 Å². The van der Waals surface area contributed by atoms with Gasteiger partial charge in [0.15, 0.2) is 0 Å². The van der Waals surface area contributed by atoms with E-state index in [1.165, 1.54) is 11.3 Å². The number of fused-ring (bicyclic) bond motifs is 1. The van der Waals surface area contributed by atoms with E-state index in [2.05, 4.69) is 68.4 Å². The predicted octanol–water partition coefficient (Wildman–Crippen LogP) is 3.39. The zero-order chi connectivity index (χ0) is 13.2. The molecule has 1 aromatic carbocycles. The summed E-state index contributed by atoms with van der Waals surface area (Å²) in [5.41, 5.74) is 3.72. The molecule has 3 rings (SSSR count). The highest BCUT2D eigenvalue weighted by molar-refractivity contribution is 9.10. The summed E-state index contributed by atoms with van der Waals surface area (Å²) < 4.78 is 1.05. The molecule has 0 radical (unpaired) electrons. The van der Waals surface area contributed by atoms with Crippen molar-refractivity contribution in [2.75, 3.05) is 18.0 Å². The van der Waals surface area contributed by atoms with Crippen LogP contribution in [-0.4, -0.2) is 18.1 Å². The fourth-order valence-corrected chi connectivity index (χ4v) is 3.08. The molecule has 2 aromatic rings. The molecule has 1 aromatic heterocycles. The zero-order valence-electron chi connectivity index (χ0n) is 10.9. The summed E-state index contributed by atoms with van der Waals surface area (Å²) in [5, 5.41) is 3.45. The molecule has 4 heteroatoms. The lowest BCUT2D eigenvalue weighted by molar-refractivity contribution is 0.710. The molecule has 0 saturated carbocycles. The first-order valence-electron chi connectivity index (χ1n) is 6.44. The molecule has 0 amide bonds. The van der Waals surface area contributed by atoms with Gasteiger partial charge in [-0.2, -0.15) is 0 Å². The first-order chi connectivity index (χ1) is 9.25. The van der Waals surface area contributed by atoms with Crippen molar-refractivity contribution in [1.82, 2.24) is 10.3 Å². The minimum Gasteiger partial charge on any atom is -0.324 e. The number of rotatable bonds is 1. The Morgan fingerprint density at radius 1 is 1.32 bits per heavy atom. The van der Waals surface area contributed by atoms with Crippen LogP contribution in [0.3, 0.4) is 0 Å². The average Bonchev–Trinajstić information content (AvgIpc) is 2.61. The quantitative estimate of drug-likeness (QED) is 0.873. The van der Waals surface area contributed by atoms with Gasteiger partial charge < -0.3 is 10.2 Å². The summed E-state index contributed by atoms with van der Waals surface area (Å²) in [6.07, 6.45) is 1.92. The minimum absolute atomic E-state index is 0.913. The van der Waals surface area contributed by atoms with E-state index in [1.807, 2.05) is 6.20 Å². The Hall–Kier alpha value is -1.39. The van der Waals surface area contributed by atoms with Gasteiger partial charge in [-0.15, -0.1) is 0 Å². The Bertz CT molecular complexity index is 598. The number of aryl methyl sites for hydroxylation is 1. The molecule has 0 aliphatic carbocycles. The highest BCUT2D eigenvalue weighted by Gasteiger charge is 2.18. The molecule has 0 saturated heterocycles. The average molecular weight is 318 g/mol. The molecule has 1 N–H and O–H groups in total. The van der Waals surface area contributed by atoms with Crippen LogP contribution in [0, 0.1) is 6.92 Å². The Balaban J connectivity index is 2.09. The highest BCUT2D eigenvalue weighted by atomic mass is 79.9. The van der Waals surface area contributed by atoms with E-state index >= 15 is 0 Å². The van der Waals surface area contributed by atoms with Gasteiger partial charge in [0.25, 0.3) is 0 Å². The number of pyridine rings is 1. The molecule has 3 nitrogen and oxygen atoms in total. The summed E-state index contributed by atoms with van der Waals surface area (Å²) in [4.78, 5) is 6.87. The van der Waals surface area contributed by atoms with Gasteiger partial charge in [-0.05, 0) is 46.1 Å². The van der Waals surface area contributed by atoms with Crippen molar-refractivity contribution >= 4 is 27.4 Å². The van der Waals surface area contributed by atoms with Crippen molar-refractivity contribution in [3.8, 4) is 0 Å². The fraction of sp³-hybridized carbons (Fsp3) is 0.267. The zero-order valence-corrected chi connectivity index (χ0v) is 12.4. The summed E-state index contributed by atoms with van der Waals surface area (Å²) in [6, 6.07) is 10.6. The van der Waals surface area contributed by atoms with Crippen molar-refractivity contribution in [2.24, 2.45) is 0 Å². The van der Waals surface area contributed by atoms with Gasteiger partial charge in [0, 0.05) is 31.5 Å². The van der Waals surface area contributed by atoms with Gasteiger partial charge in [-0.3, -0.25) is 0 Å². The van der Waals surface area contributed by atoms with E-state index in [0.717, 1.165) is 35.5 Å². The van der Waals surface area contributed by atoms with Crippen LogP contribution in [-0.2, 0) is 6.54 Å². The van der Waals surface area contributed by atoms with Crippen molar-refractivity contribution < 1.29 is 0 Å². The molecular weight excluding hydrogens is 302 g/mol. The molecule has 0 unspecified atom stereocenters. The maximum atomic E-state index is 4.59. The predicted molar refractivity (Wildman–Crippen MR) is 81.8 cm³/mol. The van der Waals surface area contributed by atoms with Crippen molar-refractivity contribution in [3.05, 3.63) is 52.1 Å². The summed E-state index contributed by atoms with van der Waals surface area (Å²) in [5.74, 6) is 0.988. The highest BCUT2D eigenvalue weighted by Crippen LogP contribution is 2.33. The topological polar surface area (TPSA) is 28.2 Å². The first kappa shape index (κ1) is 12.6. The lowest BCUT2D eigenvalue weighted by Crippen LogP contribution is -2.25. The van der Waals surface area contributed by atoms with E-state index in [-0.39, 0.29) is 0 Å². The Morgan fingerprint density at radius 3 is 3.00 bits per heavy atom. The van der Waals surface area contributed by atoms with E-state index < -0.39 is 0 Å². The fourth-order valence-electron chi connectivity index (χ4n) is 2.40. The van der Waals surface area contributed by atoms with Gasteiger partial charge in [0.05, 0.1) is 4.47 Å². The van der Waals surface area contributed by atoms with Gasteiger partial charge in [0.2, 0.25) is 0 Å². The Labute approximate surface area is 121 Å². The van der Waals surface area contributed by atoms with Crippen molar-refractivity contribution in [3.63, 3.8) is 0 Å². The molecule has 1 aliphatic heterocycles. The van der Waals surface area contributed by atoms with Crippen molar-refractivity contribution in [1.29, 1.82) is 0 Å². The summed E-state index contributed by atoms with van der Waals surface area (Å²) in [7, 11) is 0. The minimum atomic E-state index is 0.913. The molecule has 98 valence electrons. The van der Waals surface area contributed by atoms with E-state index in [9.17, 15) is 0 Å². The maximum Gasteiger partial charge on any atom is 0.147 e. The Morgan fingerprint density at radius 2 is 2.16 bits per heavy atom. The lowest BCUT2D eigenvalue weighted by Gasteiger charge is -2.24. The smallest absolute Gasteiger partial charge is 0.147 e. The molecule has 2 heterocycles. The largest absolute Gasteiger partial charge is 0.324 e. The third-order valence-electron chi connectivity index (χ3n) is 3.32. The third-order valence-corrected chi connectivity index (χ3v) is 3.91.